The first kappa shape index (κ1) is 30.7. The Bertz CT molecular complexity index is 1590. The lowest BCUT2D eigenvalue weighted by molar-refractivity contribution is 0.104. The van der Waals surface area contributed by atoms with Crippen LogP contribution < -0.4 is 4.74 Å². The molecule has 0 amide bonds. The number of hydrogen-bond donors (Lipinski definition) is 6. The molecule has 0 spiro atoms. The van der Waals surface area contributed by atoms with Gasteiger partial charge in [0.05, 0.1) is 13.2 Å². The number of rotatable bonds is 12. The molecule has 4 rings (SSSR count). The molecular weight excluding hydrogens is 548 g/mol. The second-order valence-electron chi connectivity index (χ2n) is 10.1. The van der Waals surface area contributed by atoms with Crippen LogP contribution in [0.25, 0.3) is 6.08 Å². The van der Waals surface area contributed by atoms with E-state index in [0.717, 1.165) is 5.56 Å². The van der Waals surface area contributed by atoms with Crippen LogP contribution in [0, 0.1) is 0 Å². The first-order valence-electron chi connectivity index (χ1n) is 13.7. The van der Waals surface area contributed by atoms with Crippen LogP contribution in [0.1, 0.15) is 51.4 Å². The molecule has 0 bridgehead atoms. The zero-order valence-corrected chi connectivity index (χ0v) is 23.6. The number of aryl methyl sites for hydroxylation is 1. The van der Waals surface area contributed by atoms with Gasteiger partial charge in [-0.1, -0.05) is 54.6 Å². The number of methoxy groups -OCH3 is 1. The van der Waals surface area contributed by atoms with Crippen LogP contribution in [0.4, 0.5) is 0 Å². The summed E-state index contributed by atoms with van der Waals surface area (Å²) in [4.78, 5) is 13.3. The smallest absolute Gasteiger partial charge is 0.193 e. The highest BCUT2D eigenvalue weighted by Crippen LogP contribution is 2.45. The Labute approximate surface area is 249 Å². The summed E-state index contributed by atoms with van der Waals surface area (Å²) in [5, 5.41) is 61.9. The van der Waals surface area contributed by atoms with Crippen LogP contribution in [0.2, 0.25) is 0 Å². The number of benzene rings is 4. The summed E-state index contributed by atoms with van der Waals surface area (Å²) in [6.45, 7) is 0. The monoisotopic (exact) mass is 582 g/mol. The lowest BCUT2D eigenvalue weighted by atomic mass is 9.86. The molecule has 0 saturated heterocycles. The molecular formula is C35H34O8. The standard InChI is InChI=1S/C35H34O8/c1-43-32-21-31(41)33(35(42)34(32)30(40)20-10-23-8-16-27(38)17-9-23)29(24-11-18-28(39)19-12-24)4-2-3-25(36)13-5-22-6-14-26(37)15-7-22/h2,4,6-12,14-21,25,29,36-39,41-42H,3,5,13H2,1H3/b4-2+,20-10+/t25-,29+/m1/s1. The van der Waals surface area contributed by atoms with Crippen LogP contribution >= 0.6 is 0 Å². The summed E-state index contributed by atoms with van der Waals surface area (Å²) in [6, 6.07) is 20.5. The lowest BCUT2D eigenvalue weighted by Crippen LogP contribution is -2.08. The van der Waals surface area contributed by atoms with E-state index >= 15 is 0 Å². The molecule has 222 valence electrons. The normalized spacial score (nSPS) is 12.9. The molecule has 0 aliphatic heterocycles. The summed E-state index contributed by atoms with van der Waals surface area (Å²) >= 11 is 0. The van der Waals surface area contributed by atoms with Crippen molar-refractivity contribution in [2.45, 2.75) is 31.3 Å². The minimum atomic E-state index is -0.747. The summed E-state index contributed by atoms with van der Waals surface area (Å²) in [6.07, 6.45) is 6.96. The topological polar surface area (TPSA) is 148 Å². The van der Waals surface area contributed by atoms with Crippen molar-refractivity contribution in [3.8, 4) is 34.5 Å². The van der Waals surface area contributed by atoms with Crippen LogP contribution in [-0.4, -0.2) is 49.6 Å². The number of aliphatic hydroxyl groups excluding tert-OH is 1. The van der Waals surface area contributed by atoms with Gasteiger partial charge in [0.1, 0.15) is 40.1 Å². The number of phenols is 5. The second kappa shape index (κ2) is 14.1. The molecule has 0 heterocycles. The van der Waals surface area contributed by atoms with Gasteiger partial charge >= 0.3 is 0 Å². The number of ketones is 1. The maximum absolute atomic E-state index is 13.3. The zero-order chi connectivity index (χ0) is 30.9. The molecule has 0 radical (unpaired) electrons. The number of allylic oxidation sites excluding steroid dienone is 2. The fourth-order valence-corrected chi connectivity index (χ4v) is 4.73. The van der Waals surface area contributed by atoms with Crippen molar-refractivity contribution in [2.75, 3.05) is 7.11 Å². The van der Waals surface area contributed by atoms with Crippen LogP contribution in [0.5, 0.6) is 34.5 Å². The quantitative estimate of drug-likeness (QED) is 0.0658. The number of carbonyl (C=O) groups excluding carboxylic acids is 1. The third-order valence-corrected chi connectivity index (χ3v) is 7.07. The van der Waals surface area contributed by atoms with Gasteiger partial charge in [0.2, 0.25) is 0 Å². The Morgan fingerprint density at radius 2 is 1.42 bits per heavy atom. The van der Waals surface area contributed by atoms with Crippen LogP contribution in [0.3, 0.4) is 0 Å². The molecule has 4 aromatic carbocycles. The molecule has 43 heavy (non-hydrogen) atoms. The molecule has 0 aliphatic carbocycles. The highest BCUT2D eigenvalue weighted by atomic mass is 16.5. The predicted molar refractivity (Wildman–Crippen MR) is 164 cm³/mol. The van der Waals surface area contributed by atoms with Crippen molar-refractivity contribution < 1.29 is 40.2 Å². The number of ether oxygens (including phenoxy) is 1. The van der Waals surface area contributed by atoms with Gasteiger partial charge in [-0.2, -0.15) is 0 Å². The minimum Gasteiger partial charge on any atom is -0.508 e. The molecule has 2 atom stereocenters. The summed E-state index contributed by atoms with van der Waals surface area (Å²) in [7, 11) is 1.32. The average molecular weight is 583 g/mol. The van der Waals surface area contributed by atoms with E-state index in [-0.39, 0.29) is 46.3 Å². The van der Waals surface area contributed by atoms with E-state index in [9.17, 15) is 35.4 Å². The second-order valence-corrected chi connectivity index (χ2v) is 10.1. The van der Waals surface area contributed by atoms with E-state index in [0.29, 0.717) is 24.0 Å². The van der Waals surface area contributed by atoms with E-state index in [1.807, 2.05) is 0 Å². The van der Waals surface area contributed by atoms with Crippen molar-refractivity contribution in [3.63, 3.8) is 0 Å². The van der Waals surface area contributed by atoms with Gasteiger partial charge < -0.3 is 35.4 Å². The maximum Gasteiger partial charge on any atom is 0.193 e. The highest BCUT2D eigenvalue weighted by molar-refractivity contribution is 6.11. The molecule has 0 fully saturated rings. The van der Waals surface area contributed by atoms with E-state index in [1.54, 1.807) is 60.7 Å². The average Bonchev–Trinajstić information content (AvgIpc) is 2.99. The maximum atomic E-state index is 13.3. The Hall–Kier alpha value is -5.21. The Kier molecular flexibility index (Phi) is 10.1. The number of aliphatic hydroxyl groups is 1. The first-order chi connectivity index (χ1) is 20.7. The van der Waals surface area contributed by atoms with Crippen molar-refractivity contribution in [2.24, 2.45) is 0 Å². The van der Waals surface area contributed by atoms with Crippen molar-refractivity contribution in [3.05, 3.63) is 125 Å². The molecule has 8 nitrogen and oxygen atoms in total. The lowest BCUT2D eigenvalue weighted by Gasteiger charge is -2.20. The zero-order valence-electron chi connectivity index (χ0n) is 23.6. The Morgan fingerprint density at radius 1 is 0.837 bits per heavy atom. The predicted octanol–water partition coefficient (Wildman–Crippen LogP) is 6.19. The van der Waals surface area contributed by atoms with Gasteiger partial charge in [0, 0.05) is 17.5 Å². The van der Waals surface area contributed by atoms with E-state index in [2.05, 4.69) is 0 Å². The van der Waals surface area contributed by atoms with E-state index in [1.165, 1.54) is 49.6 Å². The van der Waals surface area contributed by atoms with Crippen LogP contribution in [-0.2, 0) is 6.42 Å². The van der Waals surface area contributed by atoms with E-state index < -0.39 is 23.6 Å². The SMILES string of the molecule is COc1cc(O)c([C@@H](/C=C/C[C@@H](O)CCc2ccc(O)cc2)c2ccc(O)cc2)c(O)c1C(=O)/C=C/c1ccc(O)cc1. The summed E-state index contributed by atoms with van der Waals surface area (Å²) < 4.78 is 5.33. The Morgan fingerprint density at radius 3 is 2.02 bits per heavy atom. The molecule has 6 N–H and O–H groups in total. The molecule has 0 aromatic heterocycles. The third-order valence-electron chi connectivity index (χ3n) is 7.07. The van der Waals surface area contributed by atoms with Gasteiger partial charge in [0.25, 0.3) is 0 Å². The number of hydrogen-bond acceptors (Lipinski definition) is 8. The fraction of sp³-hybridized carbons (Fsp3) is 0.171. The molecule has 0 saturated carbocycles. The number of aromatic hydroxyl groups is 5. The highest BCUT2D eigenvalue weighted by Gasteiger charge is 2.27. The fourth-order valence-electron chi connectivity index (χ4n) is 4.73. The van der Waals surface area contributed by atoms with Crippen molar-refractivity contribution in [1.29, 1.82) is 0 Å². The van der Waals surface area contributed by atoms with Gasteiger partial charge in [0.15, 0.2) is 5.78 Å². The molecule has 8 heteroatoms. The van der Waals surface area contributed by atoms with Crippen LogP contribution in [0.15, 0.2) is 97.1 Å². The van der Waals surface area contributed by atoms with E-state index in [4.69, 9.17) is 4.74 Å². The van der Waals surface area contributed by atoms with Gasteiger partial charge in [-0.05, 0) is 78.4 Å². The molecule has 0 aliphatic rings. The molecule has 0 unspecified atom stereocenters. The Balaban J connectivity index is 1.64. The third kappa shape index (κ3) is 7.96. The molecule has 4 aromatic rings. The summed E-state index contributed by atoms with van der Waals surface area (Å²) in [5.41, 5.74) is 2.16. The number of carbonyl (C=O) groups is 1. The van der Waals surface area contributed by atoms with Gasteiger partial charge in [-0.3, -0.25) is 4.79 Å². The van der Waals surface area contributed by atoms with Gasteiger partial charge in [-0.15, -0.1) is 0 Å². The first-order valence-corrected chi connectivity index (χ1v) is 13.7. The number of phenolic OH excluding ortho intramolecular Hbond substituents is 5. The summed E-state index contributed by atoms with van der Waals surface area (Å²) in [5.74, 6) is -1.80. The van der Waals surface area contributed by atoms with Crippen molar-refractivity contribution >= 4 is 11.9 Å². The largest absolute Gasteiger partial charge is 0.508 e. The van der Waals surface area contributed by atoms with Gasteiger partial charge in [-0.25, -0.2) is 0 Å². The minimum absolute atomic E-state index is 0.0165. The van der Waals surface area contributed by atoms with Crippen molar-refractivity contribution in [1.82, 2.24) is 0 Å².